The van der Waals surface area contributed by atoms with Gasteiger partial charge in [0.15, 0.2) is 12.2 Å². The Bertz CT molecular complexity index is 1480. The highest BCUT2D eigenvalue weighted by Crippen LogP contribution is 2.29. The van der Waals surface area contributed by atoms with Crippen molar-refractivity contribution in [1.82, 2.24) is 25.2 Å². The SMILES string of the molecule is C=CC(=O)NC(C)(C)Cn1c(NC(=O)c2ccc(-c3cnco3)s2)nc2cc(CN[C@@H](C)C(C)(C)C)ccc21. The molecule has 3 aromatic heterocycles. The number of rotatable bonds is 10. The molecule has 0 saturated heterocycles. The second kappa shape index (κ2) is 11.2. The molecule has 0 aliphatic carbocycles. The molecule has 0 bridgehead atoms. The fraction of sp³-hybridized carbons (Fsp3) is 0.379. The number of thiophene rings is 1. The van der Waals surface area contributed by atoms with Crippen LogP contribution in [-0.2, 0) is 17.9 Å². The Morgan fingerprint density at radius 2 is 1.95 bits per heavy atom. The molecule has 39 heavy (non-hydrogen) atoms. The van der Waals surface area contributed by atoms with Gasteiger partial charge in [-0.1, -0.05) is 33.4 Å². The van der Waals surface area contributed by atoms with E-state index in [1.807, 2.05) is 36.6 Å². The number of hydrogen-bond donors (Lipinski definition) is 3. The van der Waals surface area contributed by atoms with Crippen LogP contribution >= 0.6 is 11.3 Å². The number of aromatic nitrogens is 3. The van der Waals surface area contributed by atoms with Crippen LogP contribution in [0.3, 0.4) is 0 Å². The fourth-order valence-corrected chi connectivity index (χ4v) is 4.88. The van der Waals surface area contributed by atoms with Crippen molar-refractivity contribution in [2.24, 2.45) is 5.41 Å². The van der Waals surface area contributed by atoms with Crippen LogP contribution in [0.2, 0.25) is 0 Å². The van der Waals surface area contributed by atoms with Gasteiger partial charge in [-0.05, 0) is 62.1 Å². The van der Waals surface area contributed by atoms with Crippen LogP contribution in [0.1, 0.15) is 56.8 Å². The van der Waals surface area contributed by atoms with E-state index in [1.54, 1.807) is 12.3 Å². The Kier molecular flexibility index (Phi) is 8.08. The summed E-state index contributed by atoms with van der Waals surface area (Å²) in [6, 6.07) is 10.0. The Balaban J connectivity index is 1.64. The smallest absolute Gasteiger partial charge is 0.268 e. The molecule has 3 heterocycles. The Morgan fingerprint density at radius 3 is 2.62 bits per heavy atom. The Morgan fingerprint density at radius 1 is 1.18 bits per heavy atom. The molecule has 1 aromatic carbocycles. The number of amides is 2. The number of carbonyl (C=O) groups is 2. The quantitative estimate of drug-likeness (QED) is 0.222. The number of benzene rings is 1. The van der Waals surface area contributed by atoms with E-state index in [9.17, 15) is 9.59 Å². The molecule has 0 aliphatic rings. The number of oxazole rings is 1. The van der Waals surface area contributed by atoms with Crippen LogP contribution in [0.25, 0.3) is 21.7 Å². The molecule has 4 rings (SSSR count). The molecule has 0 radical (unpaired) electrons. The van der Waals surface area contributed by atoms with E-state index < -0.39 is 5.54 Å². The second-order valence-electron chi connectivity index (χ2n) is 11.4. The van der Waals surface area contributed by atoms with E-state index in [0.717, 1.165) is 21.5 Å². The molecular weight excluding hydrogens is 512 g/mol. The average molecular weight is 549 g/mol. The summed E-state index contributed by atoms with van der Waals surface area (Å²) in [5.41, 5.74) is 2.21. The van der Waals surface area contributed by atoms with Gasteiger partial charge in [0.25, 0.3) is 5.91 Å². The van der Waals surface area contributed by atoms with Crippen LogP contribution in [0.5, 0.6) is 0 Å². The van der Waals surface area contributed by atoms with Crippen LogP contribution in [0.4, 0.5) is 5.95 Å². The largest absolute Gasteiger partial charge is 0.443 e. The lowest BCUT2D eigenvalue weighted by molar-refractivity contribution is -0.118. The summed E-state index contributed by atoms with van der Waals surface area (Å²) in [7, 11) is 0. The van der Waals surface area contributed by atoms with Gasteiger partial charge >= 0.3 is 0 Å². The maximum absolute atomic E-state index is 13.3. The molecule has 4 aromatic rings. The fourth-order valence-electron chi connectivity index (χ4n) is 4.03. The third kappa shape index (κ3) is 6.82. The van der Waals surface area contributed by atoms with E-state index in [1.165, 1.54) is 23.8 Å². The summed E-state index contributed by atoms with van der Waals surface area (Å²) in [5.74, 6) is 0.456. The van der Waals surface area contributed by atoms with E-state index in [0.29, 0.717) is 35.7 Å². The van der Waals surface area contributed by atoms with Crippen molar-refractivity contribution in [2.45, 2.75) is 66.2 Å². The summed E-state index contributed by atoms with van der Waals surface area (Å²) in [6.07, 6.45) is 4.22. The monoisotopic (exact) mass is 548 g/mol. The first kappa shape index (κ1) is 28.3. The van der Waals surface area contributed by atoms with Crippen LogP contribution in [0, 0.1) is 5.41 Å². The number of nitrogens with zero attached hydrogens (tertiary/aromatic N) is 3. The Hall–Kier alpha value is -3.76. The molecular formula is C29H36N6O3S. The van der Waals surface area contributed by atoms with E-state index in [4.69, 9.17) is 9.40 Å². The summed E-state index contributed by atoms with van der Waals surface area (Å²) in [4.78, 5) is 35.4. The van der Waals surface area contributed by atoms with E-state index >= 15 is 0 Å². The van der Waals surface area contributed by atoms with E-state index in [2.05, 4.69) is 61.3 Å². The normalized spacial score (nSPS) is 12.9. The highest BCUT2D eigenvalue weighted by Gasteiger charge is 2.25. The lowest BCUT2D eigenvalue weighted by atomic mass is 9.88. The number of imidazole rings is 1. The first-order valence-electron chi connectivity index (χ1n) is 12.8. The van der Waals surface area contributed by atoms with Gasteiger partial charge in [-0.3, -0.25) is 14.9 Å². The molecule has 0 fully saturated rings. The molecule has 1 atom stereocenters. The van der Waals surface area contributed by atoms with Crippen molar-refractivity contribution in [1.29, 1.82) is 0 Å². The number of carbonyl (C=O) groups excluding carboxylic acids is 2. The first-order valence-corrected chi connectivity index (χ1v) is 13.6. The predicted octanol–water partition coefficient (Wildman–Crippen LogP) is 5.61. The van der Waals surface area contributed by atoms with Crippen LogP contribution in [-0.4, -0.2) is 37.9 Å². The van der Waals surface area contributed by atoms with Gasteiger partial charge in [-0.2, -0.15) is 0 Å². The number of nitrogens with one attached hydrogen (secondary N) is 3. The highest BCUT2D eigenvalue weighted by atomic mass is 32.1. The van der Waals surface area contributed by atoms with Gasteiger partial charge in [0, 0.05) is 19.1 Å². The van der Waals surface area contributed by atoms with Gasteiger partial charge in [0.05, 0.1) is 32.5 Å². The average Bonchev–Trinajstić information content (AvgIpc) is 3.62. The van der Waals surface area contributed by atoms with Crippen molar-refractivity contribution >= 4 is 40.1 Å². The lowest BCUT2D eigenvalue weighted by Crippen LogP contribution is -2.46. The highest BCUT2D eigenvalue weighted by molar-refractivity contribution is 7.17. The standard InChI is InChI=1S/C29H36N6O3S/c1-8-25(36)34-29(6,7)16-35-21-10-9-19(14-31-18(2)28(3,4)5)13-20(21)32-27(35)33-26(37)24-12-11-23(39-24)22-15-30-17-38-22/h8-13,15,17-18,31H,1,14,16H2,2-7H3,(H,34,36)(H,32,33,37)/t18-/m0/s1. The van der Waals surface area contributed by atoms with Crippen molar-refractivity contribution in [2.75, 3.05) is 5.32 Å². The zero-order valence-electron chi connectivity index (χ0n) is 23.3. The van der Waals surface area contributed by atoms with Gasteiger partial charge in [0.2, 0.25) is 11.9 Å². The summed E-state index contributed by atoms with van der Waals surface area (Å²) in [5, 5.41) is 9.53. The number of anilines is 1. The zero-order valence-corrected chi connectivity index (χ0v) is 24.1. The molecule has 206 valence electrons. The molecule has 3 N–H and O–H groups in total. The summed E-state index contributed by atoms with van der Waals surface area (Å²) < 4.78 is 7.28. The first-order chi connectivity index (χ1) is 18.4. The minimum atomic E-state index is -0.636. The molecule has 0 saturated carbocycles. The molecule has 10 heteroatoms. The van der Waals surface area contributed by atoms with Gasteiger partial charge < -0.3 is 19.6 Å². The topological polar surface area (TPSA) is 114 Å². The van der Waals surface area contributed by atoms with Crippen LogP contribution in [0.15, 0.2) is 60.0 Å². The third-order valence-electron chi connectivity index (χ3n) is 6.65. The molecule has 0 aliphatic heterocycles. The van der Waals surface area contributed by atoms with Gasteiger partial charge in [-0.25, -0.2) is 9.97 Å². The van der Waals surface area contributed by atoms with Gasteiger partial charge in [-0.15, -0.1) is 11.3 Å². The molecule has 0 spiro atoms. The van der Waals surface area contributed by atoms with Crippen molar-refractivity contribution in [3.63, 3.8) is 0 Å². The van der Waals surface area contributed by atoms with Crippen molar-refractivity contribution in [3.05, 3.63) is 66.0 Å². The Labute approximate surface area is 232 Å². The van der Waals surface area contributed by atoms with Crippen LogP contribution < -0.4 is 16.0 Å². The number of fused-ring (bicyclic) bond motifs is 1. The minimum Gasteiger partial charge on any atom is -0.443 e. The van der Waals surface area contributed by atoms with Crippen molar-refractivity contribution in [3.8, 4) is 10.6 Å². The maximum atomic E-state index is 13.3. The molecule has 2 amide bonds. The maximum Gasteiger partial charge on any atom is 0.268 e. The van der Waals surface area contributed by atoms with E-state index in [-0.39, 0.29) is 17.2 Å². The van der Waals surface area contributed by atoms with Crippen molar-refractivity contribution < 1.29 is 14.0 Å². The lowest BCUT2D eigenvalue weighted by Gasteiger charge is -2.28. The zero-order chi connectivity index (χ0) is 28.4. The second-order valence-corrected chi connectivity index (χ2v) is 12.5. The third-order valence-corrected chi connectivity index (χ3v) is 7.75. The van der Waals surface area contributed by atoms with Gasteiger partial charge in [0.1, 0.15) is 0 Å². The molecule has 0 unspecified atom stereocenters. The molecule has 9 nitrogen and oxygen atoms in total. The summed E-state index contributed by atoms with van der Waals surface area (Å²) in [6.45, 7) is 17.3. The summed E-state index contributed by atoms with van der Waals surface area (Å²) >= 11 is 1.31. The minimum absolute atomic E-state index is 0.139. The predicted molar refractivity (Wildman–Crippen MR) is 156 cm³/mol. The number of hydrogen-bond acceptors (Lipinski definition) is 7.